The summed E-state index contributed by atoms with van der Waals surface area (Å²) in [7, 11) is 1.47. The molecule has 0 aromatic heterocycles. The van der Waals surface area contributed by atoms with Crippen molar-refractivity contribution < 1.29 is 42.1 Å². The number of carbonyl (C=O) groups excluding carboxylic acids is 2. The molecule has 0 rings (SSSR count). The second-order valence-corrected chi connectivity index (χ2v) is 23.5. The number of phosphoric acid groups is 1. The van der Waals surface area contributed by atoms with E-state index in [1.165, 1.54) is 180 Å². The monoisotopic (exact) mass is 1060 g/mol. The molecule has 2 atom stereocenters. The molecular formula is C64H119NO8P+. The molecule has 0 spiro atoms. The number of nitrogens with zero attached hydrogens (tertiary/aromatic N) is 1. The molecule has 9 nitrogen and oxygen atoms in total. The Hall–Kier alpha value is -2.29. The predicted molar refractivity (Wildman–Crippen MR) is 316 cm³/mol. The Balaban J connectivity index is 4.08. The first-order valence-corrected chi connectivity index (χ1v) is 32.5. The Kier molecular flexibility index (Phi) is 53.7. The van der Waals surface area contributed by atoms with E-state index in [-0.39, 0.29) is 32.0 Å². The molecule has 0 fully saturated rings. The van der Waals surface area contributed by atoms with Gasteiger partial charge >= 0.3 is 19.8 Å². The average Bonchev–Trinajstić information content (AvgIpc) is 3.36. The number of ether oxygens (including phenoxy) is 2. The van der Waals surface area contributed by atoms with Crippen LogP contribution in [0.1, 0.15) is 284 Å². The number of hydrogen-bond donors (Lipinski definition) is 1. The topological polar surface area (TPSA) is 108 Å². The molecule has 0 bridgehead atoms. The molecule has 0 aromatic carbocycles. The van der Waals surface area contributed by atoms with Crippen LogP contribution in [0.4, 0.5) is 0 Å². The molecule has 0 radical (unpaired) electrons. The van der Waals surface area contributed by atoms with Gasteiger partial charge in [-0.2, -0.15) is 0 Å². The quantitative estimate of drug-likeness (QED) is 0.0211. The molecule has 432 valence electrons. The minimum absolute atomic E-state index is 0.0290. The minimum atomic E-state index is -4.39. The fraction of sp³-hybridized carbons (Fsp3) is 0.812. The number of phosphoric ester groups is 1. The maximum absolute atomic E-state index is 12.8. The Morgan fingerprint density at radius 1 is 0.432 bits per heavy atom. The lowest BCUT2D eigenvalue weighted by atomic mass is 10.0. The van der Waals surface area contributed by atoms with Gasteiger partial charge in [-0.15, -0.1) is 0 Å². The highest BCUT2D eigenvalue weighted by Gasteiger charge is 2.27. The van der Waals surface area contributed by atoms with Gasteiger partial charge in [-0.25, -0.2) is 4.57 Å². The molecule has 0 saturated heterocycles. The van der Waals surface area contributed by atoms with Gasteiger partial charge in [-0.1, -0.05) is 254 Å². The second-order valence-electron chi connectivity index (χ2n) is 22.1. The van der Waals surface area contributed by atoms with Gasteiger partial charge in [-0.3, -0.25) is 18.6 Å². The lowest BCUT2D eigenvalue weighted by Gasteiger charge is -2.24. The van der Waals surface area contributed by atoms with Crippen molar-refractivity contribution >= 4 is 19.8 Å². The van der Waals surface area contributed by atoms with E-state index in [2.05, 4.69) is 74.6 Å². The van der Waals surface area contributed by atoms with Crippen molar-refractivity contribution in [3.63, 3.8) is 0 Å². The Bertz CT molecular complexity index is 1430. The number of carbonyl (C=O) groups is 2. The van der Waals surface area contributed by atoms with E-state index in [0.29, 0.717) is 17.4 Å². The van der Waals surface area contributed by atoms with E-state index in [1.807, 2.05) is 21.1 Å². The number of unbranched alkanes of at least 4 members (excludes halogenated alkanes) is 33. The summed E-state index contributed by atoms with van der Waals surface area (Å²) >= 11 is 0. The predicted octanol–water partition coefficient (Wildman–Crippen LogP) is 19.5. The Labute approximate surface area is 457 Å². The summed E-state index contributed by atoms with van der Waals surface area (Å²) in [6.45, 7) is 4.34. The largest absolute Gasteiger partial charge is 0.472 e. The van der Waals surface area contributed by atoms with Crippen molar-refractivity contribution in [1.29, 1.82) is 0 Å². The van der Waals surface area contributed by atoms with Crippen molar-refractivity contribution in [1.82, 2.24) is 0 Å². The fourth-order valence-corrected chi connectivity index (χ4v) is 9.51. The molecule has 1 N–H and O–H groups in total. The van der Waals surface area contributed by atoms with Crippen molar-refractivity contribution in [2.45, 2.75) is 290 Å². The van der Waals surface area contributed by atoms with Gasteiger partial charge in [0.05, 0.1) is 27.7 Å². The van der Waals surface area contributed by atoms with E-state index in [9.17, 15) is 19.0 Å². The van der Waals surface area contributed by atoms with Crippen molar-refractivity contribution in [3.05, 3.63) is 60.8 Å². The summed E-state index contributed by atoms with van der Waals surface area (Å²) in [5.74, 6) is -0.798. The molecule has 0 aliphatic carbocycles. The highest BCUT2D eigenvalue weighted by Crippen LogP contribution is 2.43. The number of likely N-dealkylation sites (N-methyl/N-ethyl adjacent to an activating group) is 1. The summed E-state index contributed by atoms with van der Waals surface area (Å²) in [6, 6.07) is 0. The van der Waals surface area contributed by atoms with E-state index in [1.54, 1.807) is 0 Å². The highest BCUT2D eigenvalue weighted by atomic mass is 31.2. The molecule has 0 saturated carbocycles. The molecule has 0 aliphatic heterocycles. The number of rotatable bonds is 57. The van der Waals surface area contributed by atoms with Gasteiger partial charge in [-0.05, 0) is 77.0 Å². The minimum Gasteiger partial charge on any atom is -0.462 e. The van der Waals surface area contributed by atoms with Crippen LogP contribution >= 0.6 is 7.82 Å². The third-order valence-corrected chi connectivity index (χ3v) is 14.5. The first-order valence-electron chi connectivity index (χ1n) is 31.0. The van der Waals surface area contributed by atoms with Crippen LogP contribution in [0.15, 0.2) is 60.8 Å². The smallest absolute Gasteiger partial charge is 0.462 e. The standard InChI is InChI=1S/C64H118NO8P/c1-6-8-10-12-14-16-18-20-22-24-26-28-29-30-31-32-33-34-35-37-38-40-42-44-46-48-50-52-54-56-63(66)70-60-62(61-72-74(68,69)71-59-58-65(3,4)5)73-64(67)57-55-53-51-49-47-45-43-41-39-36-27-25-23-21-19-17-15-13-11-9-7-2/h9,11,15,17,21,23-24,26-27,36,62H,6-8,10,12-14,16,18-20,22,25,28-35,37-61H2,1-5H3/p+1/b11-9-,17-15-,23-21-,26-24-,36-27-. The van der Waals surface area contributed by atoms with Crippen LogP contribution in [0, 0.1) is 0 Å². The molecule has 0 amide bonds. The molecule has 0 aromatic rings. The third kappa shape index (κ3) is 59.0. The van der Waals surface area contributed by atoms with Gasteiger partial charge in [0, 0.05) is 12.8 Å². The second kappa shape index (κ2) is 55.5. The zero-order valence-electron chi connectivity index (χ0n) is 49.1. The van der Waals surface area contributed by atoms with Gasteiger partial charge in [0.25, 0.3) is 0 Å². The lowest BCUT2D eigenvalue weighted by molar-refractivity contribution is -0.870. The van der Waals surface area contributed by atoms with Gasteiger partial charge < -0.3 is 18.9 Å². The van der Waals surface area contributed by atoms with Crippen molar-refractivity contribution in [2.24, 2.45) is 0 Å². The van der Waals surface area contributed by atoms with Crippen molar-refractivity contribution in [2.75, 3.05) is 47.5 Å². The average molecular weight is 1060 g/mol. The van der Waals surface area contributed by atoms with Gasteiger partial charge in [0.2, 0.25) is 0 Å². The SMILES string of the molecule is CC/C=C\C/C=C\C/C=C\C/C=C\CCCCCCCCCCC(=O)OC(COC(=O)CCCCCCCCCCCCCCCCCCC/C=C\CCCCCCCCCC)COP(=O)(O)OCC[N+](C)(C)C. The molecule has 74 heavy (non-hydrogen) atoms. The highest BCUT2D eigenvalue weighted by molar-refractivity contribution is 7.47. The van der Waals surface area contributed by atoms with E-state index in [0.717, 1.165) is 70.6 Å². The zero-order valence-corrected chi connectivity index (χ0v) is 50.0. The first-order chi connectivity index (χ1) is 36.0. The van der Waals surface area contributed by atoms with Gasteiger partial charge in [0.1, 0.15) is 19.8 Å². The van der Waals surface area contributed by atoms with Crippen molar-refractivity contribution in [3.8, 4) is 0 Å². The van der Waals surface area contributed by atoms with Crippen LogP contribution in [0.25, 0.3) is 0 Å². The lowest BCUT2D eigenvalue weighted by Crippen LogP contribution is -2.37. The zero-order chi connectivity index (χ0) is 54.2. The third-order valence-electron chi connectivity index (χ3n) is 13.5. The van der Waals surface area contributed by atoms with E-state index < -0.39 is 26.5 Å². The first kappa shape index (κ1) is 71.7. The van der Waals surface area contributed by atoms with Gasteiger partial charge in [0.15, 0.2) is 6.10 Å². The maximum Gasteiger partial charge on any atom is 0.472 e. The number of allylic oxidation sites excluding steroid dienone is 10. The molecule has 2 unspecified atom stereocenters. The molecule has 10 heteroatoms. The summed E-state index contributed by atoms with van der Waals surface area (Å²) < 4.78 is 34.6. The molecular weight excluding hydrogens is 942 g/mol. The molecule has 0 heterocycles. The van der Waals surface area contributed by atoms with E-state index >= 15 is 0 Å². The Morgan fingerprint density at radius 3 is 1.16 bits per heavy atom. The van der Waals surface area contributed by atoms with Crippen LogP contribution in [-0.2, 0) is 32.7 Å². The normalized spacial score (nSPS) is 13.6. The summed E-state index contributed by atoms with van der Waals surface area (Å²) in [6.07, 6.45) is 71.6. The van der Waals surface area contributed by atoms with Crippen LogP contribution in [0.5, 0.6) is 0 Å². The number of quaternary nitrogens is 1. The molecule has 0 aliphatic rings. The Morgan fingerprint density at radius 2 is 0.770 bits per heavy atom. The fourth-order valence-electron chi connectivity index (χ4n) is 8.77. The number of esters is 2. The van der Waals surface area contributed by atoms with Crippen LogP contribution in [0.3, 0.4) is 0 Å². The van der Waals surface area contributed by atoms with Crippen LogP contribution < -0.4 is 0 Å². The number of hydrogen-bond acceptors (Lipinski definition) is 7. The summed E-state index contributed by atoms with van der Waals surface area (Å²) in [5, 5.41) is 0. The maximum atomic E-state index is 12.8. The van der Waals surface area contributed by atoms with Crippen LogP contribution in [0.2, 0.25) is 0 Å². The summed E-state index contributed by atoms with van der Waals surface area (Å²) in [5.41, 5.74) is 0. The summed E-state index contributed by atoms with van der Waals surface area (Å²) in [4.78, 5) is 35.7. The van der Waals surface area contributed by atoms with E-state index in [4.69, 9.17) is 18.5 Å². The van der Waals surface area contributed by atoms with Crippen LogP contribution in [-0.4, -0.2) is 74.9 Å².